The third kappa shape index (κ3) is 1.59. The van der Waals surface area contributed by atoms with Crippen molar-refractivity contribution >= 4 is 0 Å². The predicted molar refractivity (Wildman–Crippen MR) is 45.7 cm³/mol. The zero-order chi connectivity index (χ0) is 7.89. The van der Waals surface area contributed by atoms with Gasteiger partial charge in [-0.3, -0.25) is 0 Å². The molecule has 0 radical (unpaired) electrons. The minimum absolute atomic E-state index is 0. The standard InChI is InChI=1S/C10H15.Zn/c1-6-7(2)9(4)10(5)8(6)3;/h1-5H3;/q-1;. The number of hydrogen-bond donors (Lipinski definition) is 0. The summed E-state index contributed by atoms with van der Waals surface area (Å²) < 4.78 is 0. The number of hydrogen-bond acceptors (Lipinski definition) is 0. The Morgan fingerprint density at radius 2 is 1.09 bits per heavy atom. The summed E-state index contributed by atoms with van der Waals surface area (Å²) >= 11 is 0. The van der Waals surface area contributed by atoms with Crippen LogP contribution >= 0.6 is 0 Å². The van der Waals surface area contributed by atoms with Crippen LogP contribution in [0.1, 0.15) is 27.8 Å². The van der Waals surface area contributed by atoms with Gasteiger partial charge in [-0.1, -0.05) is 34.6 Å². The van der Waals surface area contributed by atoms with Crippen molar-refractivity contribution in [2.45, 2.75) is 34.6 Å². The molecule has 0 aliphatic carbocycles. The van der Waals surface area contributed by atoms with E-state index >= 15 is 0 Å². The normalized spacial score (nSPS) is 9.55. The van der Waals surface area contributed by atoms with Gasteiger partial charge in [-0.2, -0.15) is 27.8 Å². The Balaban J connectivity index is 0.000001000. The van der Waals surface area contributed by atoms with Crippen LogP contribution in [0.25, 0.3) is 0 Å². The van der Waals surface area contributed by atoms with Crippen LogP contribution in [0.5, 0.6) is 0 Å². The molecule has 0 amide bonds. The van der Waals surface area contributed by atoms with Crippen molar-refractivity contribution in [2.24, 2.45) is 0 Å². The van der Waals surface area contributed by atoms with E-state index in [1.54, 1.807) is 0 Å². The van der Waals surface area contributed by atoms with Crippen molar-refractivity contribution in [3.05, 3.63) is 27.8 Å². The van der Waals surface area contributed by atoms with Crippen LogP contribution in [0.2, 0.25) is 0 Å². The van der Waals surface area contributed by atoms with E-state index in [2.05, 4.69) is 34.6 Å². The second kappa shape index (κ2) is 3.58. The summed E-state index contributed by atoms with van der Waals surface area (Å²) in [5.74, 6) is 0. The first-order valence-electron chi connectivity index (χ1n) is 3.75. The van der Waals surface area contributed by atoms with E-state index in [1.807, 2.05) is 0 Å². The van der Waals surface area contributed by atoms with Gasteiger partial charge in [0.1, 0.15) is 0 Å². The maximum absolute atomic E-state index is 2.20. The van der Waals surface area contributed by atoms with E-state index in [9.17, 15) is 0 Å². The summed E-state index contributed by atoms with van der Waals surface area (Å²) in [6, 6.07) is 0. The number of rotatable bonds is 0. The molecule has 0 fully saturated rings. The second-order valence-electron chi connectivity index (χ2n) is 3.12. The van der Waals surface area contributed by atoms with Crippen LogP contribution in [-0.4, -0.2) is 0 Å². The first-order chi connectivity index (χ1) is 4.55. The van der Waals surface area contributed by atoms with Crippen molar-refractivity contribution in [1.82, 2.24) is 0 Å². The van der Waals surface area contributed by atoms with Crippen molar-refractivity contribution in [1.29, 1.82) is 0 Å². The molecule has 0 aliphatic heterocycles. The molecule has 1 aromatic rings. The molecule has 0 heterocycles. The van der Waals surface area contributed by atoms with Crippen LogP contribution in [0.15, 0.2) is 0 Å². The van der Waals surface area contributed by atoms with Crippen LogP contribution in [-0.2, 0) is 19.5 Å². The van der Waals surface area contributed by atoms with Gasteiger partial charge in [0.05, 0.1) is 0 Å². The molecule has 0 aromatic heterocycles. The minimum Gasteiger partial charge on any atom is -0.196 e. The molecule has 0 saturated carbocycles. The van der Waals surface area contributed by atoms with Gasteiger partial charge in [0, 0.05) is 19.5 Å². The van der Waals surface area contributed by atoms with Gasteiger partial charge in [0.2, 0.25) is 0 Å². The summed E-state index contributed by atoms with van der Waals surface area (Å²) in [7, 11) is 0. The van der Waals surface area contributed by atoms with Gasteiger partial charge in [0.15, 0.2) is 0 Å². The minimum atomic E-state index is 0. The quantitative estimate of drug-likeness (QED) is 0.446. The van der Waals surface area contributed by atoms with Gasteiger partial charge in [-0.15, -0.1) is 0 Å². The van der Waals surface area contributed by atoms with Crippen LogP contribution in [0.4, 0.5) is 0 Å². The fourth-order valence-corrected chi connectivity index (χ4v) is 1.41. The van der Waals surface area contributed by atoms with Crippen molar-refractivity contribution in [2.75, 3.05) is 0 Å². The van der Waals surface area contributed by atoms with Crippen molar-refractivity contribution in [3.8, 4) is 0 Å². The van der Waals surface area contributed by atoms with E-state index in [1.165, 1.54) is 27.8 Å². The monoisotopic (exact) mass is 199 g/mol. The first kappa shape index (κ1) is 11.0. The molecule has 0 N–H and O–H groups in total. The molecule has 1 heteroatoms. The van der Waals surface area contributed by atoms with E-state index in [-0.39, 0.29) is 19.5 Å². The molecule has 0 atom stereocenters. The van der Waals surface area contributed by atoms with Crippen molar-refractivity contribution in [3.63, 3.8) is 0 Å². The Morgan fingerprint density at radius 3 is 1.18 bits per heavy atom. The van der Waals surface area contributed by atoms with Gasteiger partial charge in [0.25, 0.3) is 0 Å². The summed E-state index contributed by atoms with van der Waals surface area (Å²) in [6.45, 7) is 11.0. The molecule has 58 valence electrons. The van der Waals surface area contributed by atoms with E-state index < -0.39 is 0 Å². The fourth-order valence-electron chi connectivity index (χ4n) is 1.41. The maximum atomic E-state index is 2.20. The molecule has 0 aliphatic rings. The largest absolute Gasteiger partial charge is 0.196 e. The molecular formula is C10H15Zn-. The average molecular weight is 201 g/mol. The van der Waals surface area contributed by atoms with Gasteiger partial charge < -0.3 is 0 Å². The van der Waals surface area contributed by atoms with E-state index in [0.717, 1.165) is 0 Å². The third-order valence-electron chi connectivity index (χ3n) is 2.81. The topological polar surface area (TPSA) is 0 Å². The molecule has 0 nitrogen and oxygen atoms in total. The van der Waals surface area contributed by atoms with Gasteiger partial charge >= 0.3 is 0 Å². The Kier molecular flexibility index (Phi) is 3.57. The van der Waals surface area contributed by atoms with Gasteiger partial charge in [-0.05, 0) is 0 Å². The Morgan fingerprint density at radius 1 is 0.818 bits per heavy atom. The average Bonchev–Trinajstić information content (AvgIpc) is 2.07. The summed E-state index contributed by atoms with van der Waals surface area (Å²) in [5, 5.41) is 0. The summed E-state index contributed by atoms with van der Waals surface area (Å²) in [6.07, 6.45) is 0. The third-order valence-corrected chi connectivity index (χ3v) is 2.81. The Hall–Kier alpha value is -0.0266. The smallest absolute Gasteiger partial charge is 0 e. The van der Waals surface area contributed by atoms with E-state index in [0.29, 0.717) is 0 Å². The zero-order valence-electron chi connectivity index (χ0n) is 8.21. The fraction of sp³-hybridized carbons (Fsp3) is 0.500. The van der Waals surface area contributed by atoms with Crippen molar-refractivity contribution < 1.29 is 19.5 Å². The molecule has 0 spiro atoms. The molecule has 0 saturated heterocycles. The van der Waals surface area contributed by atoms with Crippen LogP contribution in [0, 0.1) is 34.6 Å². The molecule has 1 aromatic carbocycles. The van der Waals surface area contributed by atoms with E-state index in [4.69, 9.17) is 0 Å². The molecule has 0 bridgehead atoms. The summed E-state index contributed by atoms with van der Waals surface area (Å²) in [5.41, 5.74) is 7.34. The molecule has 0 unspecified atom stereocenters. The maximum Gasteiger partial charge on any atom is 0 e. The summed E-state index contributed by atoms with van der Waals surface area (Å²) in [4.78, 5) is 0. The van der Waals surface area contributed by atoms with Crippen LogP contribution < -0.4 is 0 Å². The molecule has 1 rings (SSSR count). The second-order valence-corrected chi connectivity index (χ2v) is 3.12. The Labute approximate surface area is 82.1 Å². The zero-order valence-corrected chi connectivity index (χ0v) is 11.2. The van der Waals surface area contributed by atoms with Crippen LogP contribution in [0.3, 0.4) is 0 Å². The van der Waals surface area contributed by atoms with Gasteiger partial charge in [-0.25, -0.2) is 0 Å². The first-order valence-corrected chi connectivity index (χ1v) is 3.75. The molecule has 11 heavy (non-hydrogen) atoms. The molecular weight excluding hydrogens is 185 g/mol. The Bertz CT molecular complexity index is 176. The SMILES string of the molecule is Cc1c(C)c(C)[c-](C)c1C.[Zn]. The predicted octanol–water partition coefficient (Wildman–Crippen LogP) is 2.95.